The van der Waals surface area contributed by atoms with Crippen molar-refractivity contribution in [2.24, 2.45) is 0 Å². The minimum Gasteiger partial charge on any atom is -0.455 e. The average Bonchev–Trinajstić information content (AvgIpc) is 4.03. The number of benzene rings is 9. The van der Waals surface area contributed by atoms with E-state index in [0.29, 0.717) is 17.5 Å². The molecule has 9 aromatic carbocycles. The first-order chi connectivity index (χ1) is 32.7. The van der Waals surface area contributed by atoms with Crippen molar-refractivity contribution in [3.8, 4) is 78.8 Å². The second-order valence-electron chi connectivity index (χ2n) is 17.2. The topological polar surface area (TPSA) is 64.7 Å². The van der Waals surface area contributed by atoms with E-state index in [1.807, 2.05) is 42.5 Å². The zero-order valence-corrected chi connectivity index (χ0v) is 35.5. The van der Waals surface area contributed by atoms with Gasteiger partial charge in [-0.25, -0.2) is 19.9 Å². The number of para-hydroxylation sites is 3. The Balaban J connectivity index is 0.905. The van der Waals surface area contributed by atoms with Crippen LogP contribution in [0, 0.1) is 0 Å². The van der Waals surface area contributed by atoms with E-state index in [1.54, 1.807) is 0 Å². The Morgan fingerprint density at radius 3 is 1.45 bits per heavy atom. The predicted molar refractivity (Wildman–Crippen MR) is 266 cm³/mol. The summed E-state index contributed by atoms with van der Waals surface area (Å²) >= 11 is 0. The molecule has 1 spiro atoms. The second-order valence-corrected chi connectivity index (χ2v) is 17.2. The van der Waals surface area contributed by atoms with Crippen LogP contribution in [-0.2, 0) is 5.41 Å². The van der Waals surface area contributed by atoms with Gasteiger partial charge in [-0.1, -0.05) is 206 Å². The molecule has 66 heavy (non-hydrogen) atoms. The smallest absolute Gasteiger partial charge is 0.164 e. The lowest BCUT2D eigenvalue weighted by molar-refractivity contribution is 0.670. The molecule has 0 bridgehead atoms. The van der Waals surface area contributed by atoms with Crippen LogP contribution in [0.2, 0.25) is 0 Å². The predicted octanol–water partition coefficient (Wildman–Crippen LogP) is 15.0. The third-order valence-corrected chi connectivity index (χ3v) is 13.8. The van der Waals surface area contributed by atoms with E-state index in [4.69, 9.17) is 24.4 Å². The van der Waals surface area contributed by atoms with Crippen molar-refractivity contribution < 1.29 is 4.42 Å². The molecule has 0 radical (unpaired) electrons. The summed E-state index contributed by atoms with van der Waals surface area (Å²) in [5.74, 6) is 1.81. The maximum Gasteiger partial charge on any atom is 0.164 e. The third kappa shape index (κ3) is 5.22. The van der Waals surface area contributed by atoms with Crippen molar-refractivity contribution in [1.82, 2.24) is 19.9 Å². The molecule has 0 saturated carbocycles. The van der Waals surface area contributed by atoms with Crippen LogP contribution in [0.5, 0.6) is 0 Å². The van der Waals surface area contributed by atoms with Crippen LogP contribution in [0.1, 0.15) is 22.3 Å². The number of fused-ring (bicyclic) bond motifs is 15. The van der Waals surface area contributed by atoms with Gasteiger partial charge in [-0.15, -0.1) is 0 Å². The number of aromatic nitrogens is 4. The summed E-state index contributed by atoms with van der Waals surface area (Å²) in [5.41, 5.74) is 19.2. The number of hydrogen-bond donors (Lipinski definition) is 0. The zero-order chi connectivity index (χ0) is 43.3. The van der Waals surface area contributed by atoms with Gasteiger partial charge in [0.05, 0.1) is 16.6 Å². The highest BCUT2D eigenvalue weighted by atomic mass is 16.3. The van der Waals surface area contributed by atoms with Gasteiger partial charge >= 0.3 is 0 Å². The van der Waals surface area contributed by atoms with E-state index in [0.717, 1.165) is 66.5 Å². The SMILES string of the molecule is c1ccc(-c2nc(-c3ccc(-c4nc5ccccc5c5c4-c4ccccc4C54c5ccccc5-c5ccccc54)cc3)nc(-c3ccc(-c4cccc5c4oc4ccccc45)cc3)n2)cc1. The van der Waals surface area contributed by atoms with Crippen molar-refractivity contribution in [3.05, 3.63) is 241 Å². The van der Waals surface area contributed by atoms with E-state index in [2.05, 4.69) is 176 Å². The summed E-state index contributed by atoms with van der Waals surface area (Å²) in [6.07, 6.45) is 0. The maximum absolute atomic E-state index is 6.39. The minimum absolute atomic E-state index is 0.496. The lowest BCUT2D eigenvalue weighted by atomic mass is 9.69. The molecule has 14 rings (SSSR count). The standard InChI is InChI=1S/C61H36N4O/c1-2-15-39(16-3-1)58-63-59(40-33-29-37(30-34-40)42-22-14-23-46-45-19-8-13-28-53(45)66-57(42)46)65-60(64-58)41-35-31-38(32-36-41)56-54-47-20-6-11-26-51(47)61(55(54)48-21-7-12-27-52(48)62-56)49-24-9-4-17-43(49)44-18-5-10-25-50(44)61/h1-36H. The molecule has 0 aliphatic heterocycles. The van der Waals surface area contributed by atoms with Crippen molar-refractivity contribution in [2.75, 3.05) is 0 Å². The molecule has 5 nitrogen and oxygen atoms in total. The largest absolute Gasteiger partial charge is 0.455 e. The van der Waals surface area contributed by atoms with Crippen molar-refractivity contribution in [2.45, 2.75) is 5.41 Å². The monoisotopic (exact) mass is 840 g/mol. The van der Waals surface area contributed by atoms with Crippen LogP contribution in [0.25, 0.3) is 112 Å². The first-order valence-corrected chi connectivity index (χ1v) is 22.4. The molecule has 0 atom stereocenters. The summed E-state index contributed by atoms with van der Waals surface area (Å²) < 4.78 is 6.39. The van der Waals surface area contributed by atoms with Crippen LogP contribution in [-0.4, -0.2) is 19.9 Å². The molecule has 0 unspecified atom stereocenters. The fourth-order valence-corrected chi connectivity index (χ4v) is 10.9. The fourth-order valence-electron chi connectivity index (χ4n) is 10.9. The lowest BCUT2D eigenvalue weighted by Crippen LogP contribution is -2.26. The Kier molecular flexibility index (Phi) is 7.83. The van der Waals surface area contributed by atoms with Crippen molar-refractivity contribution >= 4 is 32.8 Å². The first kappa shape index (κ1) is 36.7. The molecule has 2 aliphatic carbocycles. The Morgan fingerprint density at radius 1 is 0.318 bits per heavy atom. The van der Waals surface area contributed by atoms with Gasteiger partial charge in [0, 0.05) is 49.5 Å². The molecule has 3 aromatic heterocycles. The van der Waals surface area contributed by atoms with E-state index < -0.39 is 5.41 Å². The number of hydrogen-bond acceptors (Lipinski definition) is 5. The van der Waals surface area contributed by atoms with Crippen LogP contribution < -0.4 is 0 Å². The third-order valence-electron chi connectivity index (χ3n) is 13.8. The summed E-state index contributed by atoms with van der Waals surface area (Å²) in [6, 6.07) is 77.2. The lowest BCUT2D eigenvalue weighted by Gasteiger charge is -2.31. The number of nitrogens with zero attached hydrogens (tertiary/aromatic N) is 4. The molecular weight excluding hydrogens is 805 g/mol. The van der Waals surface area contributed by atoms with Crippen molar-refractivity contribution in [1.29, 1.82) is 0 Å². The number of rotatable bonds is 5. The summed E-state index contributed by atoms with van der Waals surface area (Å²) in [5, 5.41) is 3.39. The van der Waals surface area contributed by atoms with E-state index in [9.17, 15) is 0 Å². The highest BCUT2D eigenvalue weighted by Gasteiger charge is 2.53. The molecule has 0 N–H and O–H groups in total. The second kappa shape index (κ2) is 14.1. The number of furan rings is 1. The highest BCUT2D eigenvalue weighted by Crippen LogP contribution is 2.65. The highest BCUT2D eigenvalue weighted by molar-refractivity contribution is 6.10. The van der Waals surface area contributed by atoms with Crippen LogP contribution in [0.15, 0.2) is 223 Å². The Hall–Kier alpha value is -8.80. The maximum atomic E-state index is 6.39. The Morgan fingerprint density at radius 2 is 0.788 bits per heavy atom. The molecule has 12 aromatic rings. The molecule has 0 saturated heterocycles. The molecule has 306 valence electrons. The molecule has 3 heterocycles. The molecule has 0 amide bonds. The van der Waals surface area contributed by atoms with Crippen LogP contribution in [0.3, 0.4) is 0 Å². The van der Waals surface area contributed by atoms with Gasteiger partial charge < -0.3 is 4.42 Å². The quantitative estimate of drug-likeness (QED) is 0.173. The van der Waals surface area contributed by atoms with Gasteiger partial charge in [-0.3, -0.25) is 0 Å². The van der Waals surface area contributed by atoms with Gasteiger partial charge in [0.1, 0.15) is 11.2 Å². The molecular formula is C61H36N4O. The number of pyridine rings is 1. The molecule has 0 fully saturated rings. The summed E-state index contributed by atoms with van der Waals surface area (Å²) in [7, 11) is 0. The molecule has 2 aliphatic rings. The summed E-state index contributed by atoms with van der Waals surface area (Å²) in [4.78, 5) is 20.8. The van der Waals surface area contributed by atoms with Gasteiger partial charge in [0.2, 0.25) is 0 Å². The summed E-state index contributed by atoms with van der Waals surface area (Å²) in [6.45, 7) is 0. The molecule has 5 heteroatoms. The van der Waals surface area contributed by atoms with Gasteiger partial charge in [0.15, 0.2) is 17.5 Å². The Labute approximate surface area is 380 Å². The van der Waals surface area contributed by atoms with Crippen molar-refractivity contribution in [3.63, 3.8) is 0 Å². The van der Waals surface area contributed by atoms with E-state index in [1.165, 1.54) is 49.9 Å². The zero-order valence-electron chi connectivity index (χ0n) is 35.5. The van der Waals surface area contributed by atoms with Gasteiger partial charge in [-0.05, 0) is 56.6 Å². The normalized spacial score (nSPS) is 13.0. The minimum atomic E-state index is -0.496. The first-order valence-electron chi connectivity index (χ1n) is 22.4. The Bertz CT molecular complexity index is 3880. The average molecular weight is 841 g/mol. The van der Waals surface area contributed by atoms with Gasteiger partial charge in [-0.2, -0.15) is 0 Å². The van der Waals surface area contributed by atoms with E-state index >= 15 is 0 Å². The van der Waals surface area contributed by atoms with Crippen LogP contribution in [0.4, 0.5) is 0 Å². The fraction of sp³-hybridized carbons (Fsp3) is 0.0164. The van der Waals surface area contributed by atoms with Crippen LogP contribution >= 0.6 is 0 Å². The van der Waals surface area contributed by atoms with Gasteiger partial charge in [0.25, 0.3) is 0 Å². The van der Waals surface area contributed by atoms with E-state index in [-0.39, 0.29) is 0 Å².